The number of carbonyl (C=O) groups excluding carboxylic acids is 2. The van der Waals surface area contributed by atoms with Gasteiger partial charge in [0.1, 0.15) is 6.54 Å². The molecule has 1 rings (SSSR count). The van der Waals surface area contributed by atoms with Gasteiger partial charge in [0.2, 0.25) is 5.91 Å². The molecule has 1 aliphatic rings. The average molecular weight is 269 g/mol. The van der Waals surface area contributed by atoms with Crippen LogP contribution in [0.15, 0.2) is 0 Å². The number of esters is 1. The minimum absolute atomic E-state index is 0.0392. The van der Waals surface area contributed by atoms with Gasteiger partial charge in [-0.25, -0.2) is 0 Å². The molecule has 0 aromatic heterocycles. The first-order valence-electron chi connectivity index (χ1n) is 7.41. The highest BCUT2D eigenvalue weighted by molar-refractivity contribution is 5.82. The summed E-state index contributed by atoms with van der Waals surface area (Å²) in [5, 5.41) is 0. The third-order valence-corrected chi connectivity index (χ3v) is 3.91. The first-order chi connectivity index (χ1) is 9.04. The number of nitrogens with zero attached hydrogens (tertiary/aromatic N) is 1. The van der Waals surface area contributed by atoms with E-state index >= 15 is 0 Å². The zero-order valence-corrected chi connectivity index (χ0v) is 12.5. The van der Waals surface area contributed by atoms with Crippen molar-refractivity contribution >= 4 is 11.9 Å². The number of methoxy groups -OCH3 is 1. The molecule has 0 atom stereocenters. The normalized spacial score (nSPS) is 17.1. The molecule has 110 valence electrons. The van der Waals surface area contributed by atoms with E-state index < -0.39 is 0 Å². The van der Waals surface area contributed by atoms with Crippen LogP contribution in [0.1, 0.15) is 58.8 Å². The van der Waals surface area contributed by atoms with Gasteiger partial charge < -0.3 is 9.64 Å². The summed E-state index contributed by atoms with van der Waals surface area (Å²) in [5.74, 6) is 0.240. The standard InChI is InChI=1S/C15H27NO3/c1-12(2)16(11-15(18)19-3)14(17)10-13-8-6-4-5-7-9-13/h12-13H,4-11H2,1-3H3. The quantitative estimate of drug-likeness (QED) is 0.569. The highest BCUT2D eigenvalue weighted by atomic mass is 16.5. The van der Waals surface area contributed by atoms with E-state index in [0.717, 1.165) is 12.8 Å². The molecule has 0 saturated heterocycles. The third kappa shape index (κ3) is 5.62. The number of amides is 1. The third-order valence-electron chi connectivity index (χ3n) is 3.91. The smallest absolute Gasteiger partial charge is 0.325 e. The van der Waals surface area contributed by atoms with Gasteiger partial charge in [0.05, 0.1) is 7.11 Å². The van der Waals surface area contributed by atoms with Crippen LogP contribution in [-0.4, -0.2) is 36.5 Å². The van der Waals surface area contributed by atoms with Crippen molar-refractivity contribution in [2.45, 2.75) is 64.8 Å². The zero-order valence-electron chi connectivity index (χ0n) is 12.5. The summed E-state index contributed by atoms with van der Waals surface area (Å²) in [4.78, 5) is 25.3. The van der Waals surface area contributed by atoms with E-state index in [1.54, 1.807) is 4.90 Å². The van der Waals surface area contributed by atoms with Crippen LogP contribution >= 0.6 is 0 Å². The monoisotopic (exact) mass is 269 g/mol. The highest BCUT2D eigenvalue weighted by Crippen LogP contribution is 2.26. The van der Waals surface area contributed by atoms with Gasteiger partial charge in [-0.05, 0) is 32.6 Å². The van der Waals surface area contributed by atoms with E-state index in [-0.39, 0.29) is 24.5 Å². The van der Waals surface area contributed by atoms with E-state index in [2.05, 4.69) is 4.74 Å². The lowest BCUT2D eigenvalue weighted by atomic mass is 9.96. The predicted molar refractivity (Wildman–Crippen MR) is 74.7 cm³/mol. The predicted octanol–water partition coefficient (Wildman–Crippen LogP) is 2.76. The fourth-order valence-corrected chi connectivity index (χ4v) is 2.69. The molecule has 0 heterocycles. The summed E-state index contributed by atoms with van der Waals surface area (Å²) >= 11 is 0. The average Bonchev–Trinajstić information content (AvgIpc) is 2.63. The Morgan fingerprint density at radius 2 is 1.74 bits per heavy atom. The van der Waals surface area contributed by atoms with Crippen molar-refractivity contribution in [3.05, 3.63) is 0 Å². The van der Waals surface area contributed by atoms with Gasteiger partial charge in [-0.15, -0.1) is 0 Å². The zero-order chi connectivity index (χ0) is 14.3. The lowest BCUT2D eigenvalue weighted by Crippen LogP contribution is -2.41. The first-order valence-corrected chi connectivity index (χ1v) is 7.41. The van der Waals surface area contributed by atoms with Crippen LogP contribution in [0.3, 0.4) is 0 Å². The van der Waals surface area contributed by atoms with Gasteiger partial charge in [-0.2, -0.15) is 0 Å². The van der Waals surface area contributed by atoms with Crippen LogP contribution in [0.5, 0.6) is 0 Å². The molecule has 1 amide bonds. The Balaban J connectivity index is 2.53. The summed E-state index contributed by atoms with van der Waals surface area (Å²) in [5.41, 5.74) is 0. The number of rotatable bonds is 5. The lowest BCUT2D eigenvalue weighted by Gasteiger charge is -2.27. The van der Waals surface area contributed by atoms with Crippen molar-refractivity contribution < 1.29 is 14.3 Å². The van der Waals surface area contributed by atoms with E-state index in [0.29, 0.717) is 12.3 Å². The molecule has 0 N–H and O–H groups in total. The molecular formula is C15H27NO3. The second-order valence-electron chi connectivity index (χ2n) is 5.75. The molecule has 0 spiro atoms. The largest absolute Gasteiger partial charge is 0.468 e. The number of hydrogen-bond acceptors (Lipinski definition) is 3. The maximum atomic E-state index is 12.3. The summed E-state index contributed by atoms with van der Waals surface area (Å²) in [6.07, 6.45) is 7.93. The number of carbonyl (C=O) groups is 2. The topological polar surface area (TPSA) is 46.6 Å². The van der Waals surface area contributed by atoms with E-state index in [1.807, 2.05) is 13.8 Å². The molecule has 1 fully saturated rings. The van der Waals surface area contributed by atoms with Gasteiger partial charge >= 0.3 is 5.97 Å². The minimum Gasteiger partial charge on any atom is -0.468 e. The van der Waals surface area contributed by atoms with Crippen molar-refractivity contribution in [2.75, 3.05) is 13.7 Å². The van der Waals surface area contributed by atoms with Gasteiger partial charge in [0.25, 0.3) is 0 Å². The Bertz CT molecular complexity index is 294. The molecule has 1 saturated carbocycles. The molecule has 0 aromatic rings. The van der Waals surface area contributed by atoms with Gasteiger partial charge in [-0.3, -0.25) is 9.59 Å². The molecule has 4 nitrogen and oxygen atoms in total. The van der Waals surface area contributed by atoms with Crippen LogP contribution in [0.2, 0.25) is 0 Å². The fraction of sp³-hybridized carbons (Fsp3) is 0.867. The SMILES string of the molecule is COC(=O)CN(C(=O)CC1CCCCCC1)C(C)C. The Hall–Kier alpha value is -1.06. The first kappa shape index (κ1) is 16.0. The summed E-state index contributed by atoms with van der Waals surface area (Å²) in [7, 11) is 1.36. The number of hydrogen-bond donors (Lipinski definition) is 0. The summed E-state index contributed by atoms with van der Waals surface area (Å²) in [6, 6.07) is 0.0392. The Morgan fingerprint density at radius 3 is 2.21 bits per heavy atom. The molecule has 0 bridgehead atoms. The molecular weight excluding hydrogens is 242 g/mol. The Kier molecular flexibility index (Phi) is 6.89. The molecule has 0 unspecified atom stereocenters. The highest BCUT2D eigenvalue weighted by Gasteiger charge is 2.24. The maximum absolute atomic E-state index is 12.3. The van der Waals surface area contributed by atoms with Crippen molar-refractivity contribution in [1.82, 2.24) is 4.90 Å². The van der Waals surface area contributed by atoms with Gasteiger partial charge in [0, 0.05) is 12.5 Å². The molecule has 0 aromatic carbocycles. The lowest BCUT2D eigenvalue weighted by molar-refractivity contribution is -0.148. The molecule has 0 aliphatic heterocycles. The van der Waals surface area contributed by atoms with Crippen molar-refractivity contribution in [2.24, 2.45) is 5.92 Å². The van der Waals surface area contributed by atoms with Crippen LogP contribution in [-0.2, 0) is 14.3 Å². The van der Waals surface area contributed by atoms with Gasteiger partial charge in [-0.1, -0.05) is 25.7 Å². The summed E-state index contributed by atoms with van der Waals surface area (Å²) < 4.78 is 4.66. The minimum atomic E-state index is -0.345. The van der Waals surface area contributed by atoms with Crippen LogP contribution in [0.4, 0.5) is 0 Å². The number of ether oxygens (including phenoxy) is 1. The second-order valence-corrected chi connectivity index (χ2v) is 5.75. The Labute approximate surface area is 116 Å². The Morgan fingerprint density at radius 1 is 1.16 bits per heavy atom. The van der Waals surface area contributed by atoms with Crippen LogP contribution in [0.25, 0.3) is 0 Å². The van der Waals surface area contributed by atoms with E-state index in [9.17, 15) is 9.59 Å². The van der Waals surface area contributed by atoms with E-state index in [1.165, 1.54) is 32.8 Å². The molecule has 4 heteroatoms. The molecule has 1 aliphatic carbocycles. The maximum Gasteiger partial charge on any atom is 0.325 e. The van der Waals surface area contributed by atoms with Crippen LogP contribution < -0.4 is 0 Å². The second kappa shape index (κ2) is 8.18. The van der Waals surface area contributed by atoms with E-state index in [4.69, 9.17) is 0 Å². The van der Waals surface area contributed by atoms with Crippen molar-refractivity contribution in [3.8, 4) is 0 Å². The van der Waals surface area contributed by atoms with Gasteiger partial charge in [0.15, 0.2) is 0 Å². The fourth-order valence-electron chi connectivity index (χ4n) is 2.69. The summed E-state index contributed by atoms with van der Waals surface area (Å²) in [6.45, 7) is 3.95. The van der Waals surface area contributed by atoms with Crippen LogP contribution in [0, 0.1) is 5.92 Å². The molecule has 0 radical (unpaired) electrons. The van der Waals surface area contributed by atoms with Crippen molar-refractivity contribution in [1.29, 1.82) is 0 Å². The van der Waals surface area contributed by atoms with Crippen molar-refractivity contribution in [3.63, 3.8) is 0 Å². The molecule has 19 heavy (non-hydrogen) atoms.